The summed E-state index contributed by atoms with van der Waals surface area (Å²) in [5, 5.41) is 10.3. The highest BCUT2D eigenvalue weighted by Gasteiger charge is 2.14. The lowest BCUT2D eigenvalue weighted by atomic mass is 10.3. The minimum absolute atomic E-state index is 0.192. The van der Waals surface area contributed by atoms with Gasteiger partial charge in [-0.25, -0.2) is 9.61 Å². The quantitative estimate of drug-likeness (QED) is 0.492. The number of halogens is 1. The van der Waals surface area contributed by atoms with Gasteiger partial charge in [-0.1, -0.05) is 0 Å². The van der Waals surface area contributed by atoms with Crippen LogP contribution in [0.25, 0.3) is 11.3 Å². The molecule has 0 spiro atoms. The Morgan fingerprint density at radius 2 is 1.77 bits per heavy atom. The van der Waals surface area contributed by atoms with Crippen molar-refractivity contribution in [1.82, 2.24) is 20.3 Å². The van der Waals surface area contributed by atoms with Crippen molar-refractivity contribution in [2.45, 2.75) is 6.92 Å². The van der Waals surface area contributed by atoms with Gasteiger partial charge in [-0.2, -0.15) is 10.5 Å². The molecule has 22 heavy (non-hydrogen) atoms. The van der Waals surface area contributed by atoms with Crippen molar-refractivity contribution in [3.05, 3.63) is 27.8 Å². The zero-order chi connectivity index (χ0) is 15.5. The molecule has 2 aromatic heterocycles. The Balaban J connectivity index is 1.95. The van der Waals surface area contributed by atoms with Crippen molar-refractivity contribution in [2.75, 3.05) is 10.8 Å². The van der Waals surface area contributed by atoms with Crippen LogP contribution >= 0.6 is 22.6 Å². The van der Waals surface area contributed by atoms with Crippen molar-refractivity contribution in [1.29, 1.82) is 0 Å². The Bertz CT molecular complexity index is 819. The van der Waals surface area contributed by atoms with E-state index in [-0.39, 0.29) is 17.1 Å². The zero-order valence-electron chi connectivity index (χ0n) is 11.2. The Morgan fingerprint density at radius 3 is 2.41 bits per heavy atom. The van der Waals surface area contributed by atoms with Crippen LogP contribution in [0.4, 0.5) is 17.3 Å². The van der Waals surface area contributed by atoms with Crippen molar-refractivity contribution in [2.24, 2.45) is 0 Å². The number of carbonyl (C=O) groups excluding carboxylic acids is 1. The van der Waals surface area contributed by atoms with Gasteiger partial charge in [0.15, 0.2) is 5.82 Å². The van der Waals surface area contributed by atoms with Gasteiger partial charge in [0.2, 0.25) is 17.1 Å². The summed E-state index contributed by atoms with van der Waals surface area (Å²) in [5.74, 6) is 0.00278. The molecule has 0 bridgehead atoms. The van der Waals surface area contributed by atoms with E-state index in [2.05, 4.69) is 58.3 Å². The lowest BCUT2D eigenvalue weighted by Crippen LogP contribution is -2.10. The smallest absolute Gasteiger partial charge is 0.329 e. The Morgan fingerprint density at radius 1 is 1.14 bits per heavy atom. The first-order chi connectivity index (χ1) is 10.6. The summed E-state index contributed by atoms with van der Waals surface area (Å²) in [7, 11) is 0. The molecule has 2 heterocycles. The van der Waals surface area contributed by atoms with E-state index >= 15 is 0 Å². The number of carbonyl (C=O) groups is 1. The molecule has 1 aromatic carbocycles. The number of anilines is 3. The molecular formula is C12H9IN6O3. The van der Waals surface area contributed by atoms with Gasteiger partial charge in [-0.3, -0.25) is 4.79 Å². The summed E-state index contributed by atoms with van der Waals surface area (Å²) in [6, 6.07) is 7.63. The number of hydrogen-bond donors (Lipinski definition) is 2. The third-order valence-electron chi connectivity index (χ3n) is 2.51. The molecule has 0 atom stereocenters. The lowest BCUT2D eigenvalue weighted by Gasteiger charge is -2.10. The van der Waals surface area contributed by atoms with E-state index in [9.17, 15) is 4.79 Å². The molecule has 0 saturated carbocycles. The van der Waals surface area contributed by atoms with E-state index in [1.165, 1.54) is 6.92 Å². The monoisotopic (exact) mass is 412 g/mol. The van der Waals surface area contributed by atoms with Crippen LogP contribution in [0.1, 0.15) is 6.92 Å². The molecular weight excluding hydrogens is 403 g/mol. The van der Waals surface area contributed by atoms with E-state index in [1.807, 2.05) is 24.3 Å². The third-order valence-corrected chi connectivity index (χ3v) is 3.23. The first kappa shape index (κ1) is 14.4. The standard InChI is InChI=1S/C12H9IN6O3/c1-6(20)21-17-10-9(14-8-4-2-7(13)3-5-8)15-11-12(16-10)19-22-18-11/h2-5H,1H3,(H,14,15,18)(H,16,17,19). The second-order valence-corrected chi connectivity index (χ2v) is 5.41. The Kier molecular flexibility index (Phi) is 4.00. The van der Waals surface area contributed by atoms with Gasteiger partial charge in [0, 0.05) is 16.2 Å². The first-order valence-electron chi connectivity index (χ1n) is 6.08. The molecule has 3 aromatic rings. The molecule has 0 saturated heterocycles. The summed E-state index contributed by atoms with van der Waals surface area (Å²) >= 11 is 2.21. The van der Waals surface area contributed by atoms with Gasteiger partial charge >= 0.3 is 5.97 Å². The number of hydrogen-bond acceptors (Lipinski definition) is 9. The van der Waals surface area contributed by atoms with E-state index in [1.54, 1.807) is 0 Å². The molecule has 0 fully saturated rings. The van der Waals surface area contributed by atoms with Crippen molar-refractivity contribution in [3.8, 4) is 0 Å². The molecule has 0 unspecified atom stereocenters. The normalized spacial score (nSPS) is 10.5. The van der Waals surface area contributed by atoms with Crippen LogP contribution < -0.4 is 10.8 Å². The summed E-state index contributed by atoms with van der Waals surface area (Å²) in [5.41, 5.74) is 3.65. The number of aromatic nitrogens is 4. The van der Waals surface area contributed by atoms with E-state index < -0.39 is 5.97 Å². The minimum Gasteiger partial charge on any atom is -0.342 e. The van der Waals surface area contributed by atoms with Crippen LogP contribution in [0.3, 0.4) is 0 Å². The summed E-state index contributed by atoms with van der Waals surface area (Å²) < 4.78 is 5.68. The van der Waals surface area contributed by atoms with Crippen LogP contribution in [-0.2, 0) is 9.63 Å². The number of benzene rings is 1. The fraction of sp³-hybridized carbons (Fsp3) is 0.0833. The molecule has 0 aliphatic rings. The maximum atomic E-state index is 10.9. The van der Waals surface area contributed by atoms with E-state index in [4.69, 9.17) is 4.84 Å². The zero-order valence-corrected chi connectivity index (χ0v) is 13.4. The molecule has 3 rings (SSSR count). The van der Waals surface area contributed by atoms with Crippen molar-refractivity contribution >= 4 is 57.2 Å². The van der Waals surface area contributed by atoms with Gasteiger partial charge < -0.3 is 10.2 Å². The van der Waals surface area contributed by atoms with Gasteiger partial charge in [-0.15, -0.1) is 0 Å². The number of fused-ring (bicyclic) bond motifs is 1. The van der Waals surface area contributed by atoms with Crippen LogP contribution in [0.2, 0.25) is 0 Å². The highest BCUT2D eigenvalue weighted by Crippen LogP contribution is 2.24. The van der Waals surface area contributed by atoms with Gasteiger partial charge in [0.05, 0.1) is 0 Å². The fourth-order valence-corrected chi connectivity index (χ4v) is 1.95. The maximum Gasteiger partial charge on any atom is 0.329 e. The van der Waals surface area contributed by atoms with Gasteiger partial charge in [0.25, 0.3) is 0 Å². The molecule has 0 aliphatic heterocycles. The average molecular weight is 412 g/mol. The molecule has 0 amide bonds. The first-order valence-corrected chi connectivity index (χ1v) is 7.16. The minimum atomic E-state index is -0.514. The second-order valence-electron chi connectivity index (χ2n) is 4.16. The molecule has 0 radical (unpaired) electrons. The van der Waals surface area contributed by atoms with Gasteiger partial charge in [0.1, 0.15) is 0 Å². The highest BCUT2D eigenvalue weighted by molar-refractivity contribution is 14.1. The topological polar surface area (TPSA) is 115 Å². The van der Waals surface area contributed by atoms with Gasteiger partial charge in [-0.05, 0) is 57.2 Å². The van der Waals surface area contributed by atoms with Crippen LogP contribution in [0.15, 0.2) is 28.9 Å². The largest absolute Gasteiger partial charge is 0.342 e. The summed E-state index contributed by atoms with van der Waals surface area (Å²) in [6.45, 7) is 1.27. The number of nitrogens with one attached hydrogen (secondary N) is 2. The maximum absolute atomic E-state index is 10.9. The number of nitrogens with zero attached hydrogens (tertiary/aromatic N) is 4. The molecule has 9 nitrogen and oxygen atoms in total. The lowest BCUT2D eigenvalue weighted by molar-refractivity contribution is -0.138. The number of rotatable bonds is 4. The highest BCUT2D eigenvalue weighted by atomic mass is 127. The van der Waals surface area contributed by atoms with E-state index in [0.29, 0.717) is 5.82 Å². The third kappa shape index (κ3) is 3.21. The molecule has 0 aliphatic carbocycles. The average Bonchev–Trinajstić information content (AvgIpc) is 2.94. The van der Waals surface area contributed by atoms with E-state index in [0.717, 1.165) is 9.26 Å². The van der Waals surface area contributed by atoms with Crippen LogP contribution in [0.5, 0.6) is 0 Å². The van der Waals surface area contributed by atoms with Crippen LogP contribution in [-0.4, -0.2) is 26.3 Å². The van der Waals surface area contributed by atoms with Crippen molar-refractivity contribution in [3.63, 3.8) is 0 Å². The van der Waals surface area contributed by atoms with Crippen molar-refractivity contribution < 1.29 is 14.3 Å². The SMILES string of the molecule is CC(=O)ONc1nc2nonc2nc1Nc1ccc(I)cc1. The molecule has 10 heteroatoms. The predicted octanol–water partition coefficient (Wildman–Crippen LogP) is 2.25. The molecule has 112 valence electrons. The Hall–Kier alpha value is -2.50. The van der Waals surface area contributed by atoms with Crippen LogP contribution in [0, 0.1) is 3.57 Å². The Labute approximate surface area is 137 Å². The summed E-state index contributed by atoms with van der Waals surface area (Å²) in [4.78, 5) is 24.0. The fourth-order valence-electron chi connectivity index (χ4n) is 1.59. The summed E-state index contributed by atoms with van der Waals surface area (Å²) in [6.07, 6.45) is 0. The second kappa shape index (κ2) is 6.09. The predicted molar refractivity (Wildman–Crippen MR) is 85.2 cm³/mol. The molecule has 2 N–H and O–H groups in total.